The molecule has 3 fully saturated rings. The molecule has 2 saturated heterocycles. The summed E-state index contributed by atoms with van der Waals surface area (Å²) in [5.74, 6) is -0.820. The van der Waals surface area contributed by atoms with Crippen LogP contribution >= 0.6 is 23.3 Å². The lowest BCUT2D eigenvalue weighted by molar-refractivity contribution is -0.156. The van der Waals surface area contributed by atoms with Gasteiger partial charge in [-0.2, -0.15) is 0 Å². The summed E-state index contributed by atoms with van der Waals surface area (Å²) in [5.41, 5.74) is 10.7. The number of cyclic esters (lactones) is 1. The molecular weight excluding hydrogens is 759 g/mol. The van der Waals surface area contributed by atoms with Crippen LogP contribution in [0, 0.1) is 11.3 Å². The van der Waals surface area contributed by atoms with Crippen LogP contribution in [0.2, 0.25) is 0 Å². The minimum Gasteiger partial charge on any atom is -0.464 e. The Hall–Kier alpha value is -4.63. The third-order valence-corrected chi connectivity index (χ3v) is 14.0. The number of aryl methyl sites for hydroxylation is 1. The van der Waals surface area contributed by atoms with Crippen molar-refractivity contribution in [1.82, 2.24) is 34.3 Å². The maximum atomic E-state index is 14.6. The van der Waals surface area contributed by atoms with E-state index in [0.717, 1.165) is 68.2 Å². The molecule has 1 N–H and O–H groups in total. The topological polar surface area (TPSA) is 132 Å². The van der Waals surface area contributed by atoms with Crippen LogP contribution in [0.25, 0.3) is 33.4 Å². The highest BCUT2D eigenvalue weighted by Crippen LogP contribution is 2.60. The summed E-state index contributed by atoms with van der Waals surface area (Å²) in [6.45, 7) is 9.74. The summed E-state index contributed by atoms with van der Waals surface area (Å²) in [5, 5.41) is 5.44. The van der Waals surface area contributed by atoms with Crippen molar-refractivity contribution in [3.63, 3.8) is 0 Å². The quantitative estimate of drug-likeness (QED) is 0.108. The first-order valence-electron chi connectivity index (χ1n) is 19.8. The largest absolute Gasteiger partial charge is 0.464 e. The summed E-state index contributed by atoms with van der Waals surface area (Å²) < 4.78 is 15.9. The van der Waals surface area contributed by atoms with Gasteiger partial charge < -0.3 is 14.0 Å². The molecule has 4 aromatic heterocycles. The molecule has 1 aliphatic carbocycles. The van der Waals surface area contributed by atoms with Crippen LogP contribution in [0.15, 0.2) is 66.4 Å². The third-order valence-electron chi connectivity index (χ3n) is 11.8. The molecule has 6 bridgehead atoms. The molecule has 7 heterocycles. The van der Waals surface area contributed by atoms with Gasteiger partial charge in [0.15, 0.2) is 0 Å². The minimum absolute atomic E-state index is 0.0535. The Labute approximate surface area is 340 Å². The fraction of sp³-hybridized carbons (Fsp3) is 0.442. The number of aromatic nitrogens is 4. The van der Waals surface area contributed by atoms with E-state index in [0.29, 0.717) is 25.8 Å². The van der Waals surface area contributed by atoms with Gasteiger partial charge in [0, 0.05) is 84.0 Å². The number of carbonyl (C=O) groups excluding carboxylic acids is 3. The van der Waals surface area contributed by atoms with Crippen LogP contribution in [0.1, 0.15) is 80.8 Å². The van der Waals surface area contributed by atoms with E-state index in [1.165, 1.54) is 28.3 Å². The Bertz CT molecular complexity index is 2380. The first-order chi connectivity index (χ1) is 27.5. The number of hydrazine groups is 1. The van der Waals surface area contributed by atoms with Crippen molar-refractivity contribution in [2.75, 3.05) is 20.3 Å². The molecule has 14 heteroatoms. The number of fused-ring (bicyclic) bond motifs is 6. The molecule has 3 aliphatic heterocycles. The van der Waals surface area contributed by atoms with Gasteiger partial charge in [-0.3, -0.25) is 33.7 Å². The second-order valence-electron chi connectivity index (χ2n) is 16.4. The summed E-state index contributed by atoms with van der Waals surface area (Å²) in [6.07, 6.45) is 7.88. The zero-order valence-electron chi connectivity index (χ0n) is 32.9. The molecule has 5 atom stereocenters. The molecule has 57 heavy (non-hydrogen) atoms. The fourth-order valence-electron chi connectivity index (χ4n) is 8.63. The zero-order chi connectivity index (χ0) is 39.6. The summed E-state index contributed by atoms with van der Waals surface area (Å²) in [4.78, 5) is 55.5. The number of carbonyl (C=O) groups is 3. The number of amides is 2. The number of methoxy groups -OCH3 is 1. The van der Waals surface area contributed by atoms with E-state index >= 15 is 0 Å². The number of rotatable bonds is 6. The lowest BCUT2D eigenvalue weighted by atomic mass is 9.84. The van der Waals surface area contributed by atoms with E-state index in [1.54, 1.807) is 17.6 Å². The maximum absolute atomic E-state index is 14.6. The Kier molecular flexibility index (Phi) is 9.74. The van der Waals surface area contributed by atoms with Crippen LogP contribution in [0.3, 0.4) is 0 Å². The first kappa shape index (κ1) is 37.9. The lowest BCUT2D eigenvalue weighted by Gasteiger charge is -2.35. The summed E-state index contributed by atoms with van der Waals surface area (Å²) >= 11 is 2.77. The van der Waals surface area contributed by atoms with Gasteiger partial charge in [-0.05, 0) is 98.9 Å². The Morgan fingerprint density at radius 3 is 2.77 bits per heavy atom. The van der Waals surface area contributed by atoms with Crippen LogP contribution < -0.4 is 5.43 Å². The van der Waals surface area contributed by atoms with E-state index in [-0.39, 0.29) is 42.8 Å². The predicted molar refractivity (Wildman–Crippen MR) is 220 cm³/mol. The monoisotopic (exact) mass is 805 g/mol. The Balaban J connectivity index is 1.13. The van der Waals surface area contributed by atoms with Crippen molar-refractivity contribution in [3.8, 4) is 22.5 Å². The van der Waals surface area contributed by atoms with Crippen LogP contribution in [0.4, 0.5) is 0 Å². The van der Waals surface area contributed by atoms with Gasteiger partial charge in [0.2, 0.25) is 10.8 Å². The molecule has 1 aromatic carbocycles. The van der Waals surface area contributed by atoms with E-state index in [4.69, 9.17) is 19.4 Å². The molecule has 0 radical (unpaired) electrons. The van der Waals surface area contributed by atoms with E-state index < -0.39 is 22.3 Å². The molecular formula is C43H47N7O5S2. The number of thiazole rings is 1. The average Bonchev–Trinajstić information content (AvgIpc) is 4.11. The van der Waals surface area contributed by atoms with Gasteiger partial charge in [0.1, 0.15) is 6.04 Å². The van der Waals surface area contributed by atoms with Gasteiger partial charge in [0.25, 0.3) is 5.91 Å². The molecule has 296 valence electrons. The number of ether oxygens (including phenoxy) is 2. The van der Waals surface area contributed by atoms with E-state index in [1.807, 2.05) is 42.9 Å². The number of hydrogen-bond donors (Lipinski definition) is 1. The highest BCUT2D eigenvalue weighted by molar-refractivity contribution is 8.06. The third kappa shape index (κ3) is 6.83. The van der Waals surface area contributed by atoms with Gasteiger partial charge in [-0.15, -0.1) is 11.3 Å². The fourth-order valence-corrected chi connectivity index (χ4v) is 10.7. The number of benzene rings is 1. The highest BCUT2D eigenvalue weighted by Gasteiger charge is 2.67. The Morgan fingerprint density at radius 1 is 1.14 bits per heavy atom. The summed E-state index contributed by atoms with van der Waals surface area (Å²) in [7, 11) is 1.70. The minimum atomic E-state index is -1.17. The zero-order valence-corrected chi connectivity index (χ0v) is 34.5. The van der Waals surface area contributed by atoms with Crippen molar-refractivity contribution in [2.45, 2.75) is 89.3 Å². The SMILES string of the molecule is CCn1c(-c2cccnc2[C@H](C)OC)c2c3cc(ccc31)-c1csc(n1)CC1(SN1C(=O)[C@H]1C[C@@H]1c1cccnc1)C(=O)N1CCC[C@H](N1)C(=O)OCC(C)(C)C2. The predicted octanol–water partition coefficient (Wildman–Crippen LogP) is 7.10. The van der Waals surface area contributed by atoms with Gasteiger partial charge in [-0.25, -0.2) is 10.4 Å². The van der Waals surface area contributed by atoms with Gasteiger partial charge >= 0.3 is 5.97 Å². The van der Waals surface area contributed by atoms with Crippen molar-refractivity contribution in [3.05, 3.63) is 88.3 Å². The van der Waals surface area contributed by atoms with Crippen molar-refractivity contribution in [2.24, 2.45) is 11.3 Å². The molecule has 1 spiro atoms. The van der Waals surface area contributed by atoms with Crippen molar-refractivity contribution >= 4 is 52.0 Å². The number of hydrogen-bond acceptors (Lipinski definition) is 11. The molecule has 5 aromatic rings. The second kappa shape index (κ2) is 14.6. The first-order valence-corrected chi connectivity index (χ1v) is 21.4. The van der Waals surface area contributed by atoms with Gasteiger partial charge in [0.05, 0.1) is 34.8 Å². The second-order valence-corrected chi connectivity index (χ2v) is 18.6. The smallest absolute Gasteiger partial charge is 0.324 e. The molecule has 1 unspecified atom stereocenters. The molecule has 9 rings (SSSR count). The Morgan fingerprint density at radius 2 is 1.98 bits per heavy atom. The van der Waals surface area contributed by atoms with Gasteiger partial charge in [-0.1, -0.05) is 26.0 Å². The maximum Gasteiger partial charge on any atom is 0.324 e. The standard InChI is InChI=1S/C43H47N7O5S2/c1-6-48-35-14-13-26-18-30(35)32(38(48)28-11-8-16-45-37(28)25(2)54-5)20-42(3,4)24-55-40(52)33-12-9-17-49(47-33)41(53)43(21-36-46-34(26)23-56-36)50(57-43)39(51)31-19-29(31)27-10-7-15-44-22-27/h7-8,10-11,13-16,18,22-23,25,29,31,33,47H,6,9,12,17,19-21,24H2,1-5H3/t25-,29+,31-,33-,43?,50?/m0/s1. The van der Waals surface area contributed by atoms with Crippen molar-refractivity contribution < 1.29 is 23.9 Å². The average molecular weight is 806 g/mol. The molecule has 4 aliphatic rings. The van der Waals surface area contributed by atoms with E-state index in [2.05, 4.69) is 60.0 Å². The molecule has 2 amide bonds. The number of pyridine rings is 2. The van der Waals surface area contributed by atoms with Crippen LogP contribution in [-0.4, -0.2) is 77.8 Å². The van der Waals surface area contributed by atoms with E-state index in [9.17, 15) is 14.4 Å². The number of esters is 1. The number of nitrogens with one attached hydrogen (secondary N) is 1. The summed E-state index contributed by atoms with van der Waals surface area (Å²) in [6, 6.07) is 13.8. The lowest BCUT2D eigenvalue weighted by Crippen LogP contribution is -2.59. The molecule has 12 nitrogen and oxygen atoms in total. The molecule has 1 saturated carbocycles. The van der Waals surface area contributed by atoms with Crippen molar-refractivity contribution in [1.29, 1.82) is 0 Å². The number of nitrogens with zero attached hydrogens (tertiary/aromatic N) is 6. The van der Waals surface area contributed by atoms with Crippen LogP contribution in [-0.2, 0) is 43.2 Å². The normalized spacial score (nSPS) is 25.0. The highest BCUT2D eigenvalue weighted by atomic mass is 32.2. The van der Waals surface area contributed by atoms with Crippen LogP contribution in [0.5, 0.6) is 0 Å².